The first-order valence-corrected chi connectivity index (χ1v) is 6.59. The fourth-order valence-corrected chi connectivity index (χ4v) is 2.44. The number of phenolic OH excluding ortho intramolecular Hbond substituents is 2. The number of nitrogens with zero attached hydrogens (tertiary/aromatic N) is 1. The van der Waals surface area contributed by atoms with Crippen molar-refractivity contribution in [3.63, 3.8) is 0 Å². The largest absolute Gasteiger partial charge is 0.504 e. The van der Waals surface area contributed by atoms with Crippen LogP contribution in [0.1, 0.15) is 25.0 Å². The van der Waals surface area contributed by atoms with Gasteiger partial charge in [-0.05, 0) is 32.0 Å². The molecule has 0 saturated heterocycles. The van der Waals surface area contributed by atoms with E-state index in [0.717, 1.165) is 16.3 Å². The van der Waals surface area contributed by atoms with Crippen LogP contribution in [0, 0.1) is 0 Å². The maximum atomic E-state index is 9.46. The first-order chi connectivity index (χ1) is 8.61. The van der Waals surface area contributed by atoms with Crippen LogP contribution in [0.25, 0.3) is 11.3 Å². The molecule has 1 aromatic heterocycles. The molecule has 2 aromatic rings. The van der Waals surface area contributed by atoms with E-state index < -0.39 is 0 Å². The lowest BCUT2D eigenvalue weighted by Gasteiger charge is -2.07. The molecule has 5 heteroatoms. The number of aromatic hydroxyl groups is 2. The van der Waals surface area contributed by atoms with Crippen molar-refractivity contribution in [2.24, 2.45) is 0 Å². The van der Waals surface area contributed by atoms with Crippen molar-refractivity contribution < 1.29 is 14.9 Å². The van der Waals surface area contributed by atoms with Gasteiger partial charge in [0.05, 0.1) is 5.69 Å². The van der Waals surface area contributed by atoms with Crippen LogP contribution in [0.3, 0.4) is 0 Å². The van der Waals surface area contributed by atoms with Crippen molar-refractivity contribution >= 4 is 11.3 Å². The fourth-order valence-electron chi connectivity index (χ4n) is 1.61. The van der Waals surface area contributed by atoms with Crippen molar-refractivity contribution in [1.29, 1.82) is 0 Å². The highest BCUT2D eigenvalue weighted by Gasteiger charge is 2.12. The third kappa shape index (κ3) is 2.63. The van der Waals surface area contributed by atoms with Crippen LogP contribution in [0.15, 0.2) is 23.6 Å². The molecule has 2 N–H and O–H groups in total. The molecule has 0 spiro atoms. The topological polar surface area (TPSA) is 62.6 Å². The smallest absolute Gasteiger partial charge is 0.158 e. The molecule has 0 unspecified atom stereocenters. The lowest BCUT2D eigenvalue weighted by atomic mass is 10.1. The van der Waals surface area contributed by atoms with E-state index in [2.05, 4.69) is 4.98 Å². The minimum Gasteiger partial charge on any atom is -0.504 e. The SMILES string of the molecule is CCO[C@H](C)c1nc(-c2ccc(O)c(O)c2)cs1. The number of phenols is 2. The van der Waals surface area contributed by atoms with Gasteiger partial charge in [-0.25, -0.2) is 4.98 Å². The number of rotatable bonds is 4. The molecule has 0 aliphatic heterocycles. The second kappa shape index (κ2) is 5.37. The van der Waals surface area contributed by atoms with E-state index in [0.29, 0.717) is 6.61 Å². The molecule has 0 aliphatic carbocycles. The number of hydrogen-bond donors (Lipinski definition) is 2. The zero-order valence-electron chi connectivity index (χ0n) is 10.3. The van der Waals surface area contributed by atoms with Crippen LogP contribution < -0.4 is 0 Å². The molecular formula is C13H15NO3S. The molecule has 2 rings (SSSR count). The van der Waals surface area contributed by atoms with Crippen LogP contribution in [-0.2, 0) is 4.74 Å². The lowest BCUT2D eigenvalue weighted by Crippen LogP contribution is -1.98. The molecular weight excluding hydrogens is 250 g/mol. The van der Waals surface area contributed by atoms with Gasteiger partial charge in [0.1, 0.15) is 11.1 Å². The molecule has 0 aliphatic rings. The fraction of sp³-hybridized carbons (Fsp3) is 0.308. The quantitative estimate of drug-likeness (QED) is 0.832. The summed E-state index contributed by atoms with van der Waals surface area (Å²) < 4.78 is 5.48. The first kappa shape index (κ1) is 12.9. The van der Waals surface area contributed by atoms with E-state index in [1.54, 1.807) is 6.07 Å². The molecule has 0 saturated carbocycles. The summed E-state index contributed by atoms with van der Waals surface area (Å²) in [7, 11) is 0. The zero-order chi connectivity index (χ0) is 13.1. The Labute approximate surface area is 110 Å². The van der Waals surface area contributed by atoms with E-state index in [4.69, 9.17) is 4.74 Å². The van der Waals surface area contributed by atoms with Crippen LogP contribution in [0.4, 0.5) is 0 Å². The Bertz CT molecular complexity index is 539. The molecule has 0 fully saturated rings. The van der Waals surface area contributed by atoms with Gasteiger partial charge in [0, 0.05) is 17.6 Å². The van der Waals surface area contributed by atoms with E-state index in [1.807, 2.05) is 19.2 Å². The number of thiazole rings is 1. The Hall–Kier alpha value is -1.59. The summed E-state index contributed by atoms with van der Waals surface area (Å²) in [5.41, 5.74) is 1.55. The van der Waals surface area contributed by atoms with Gasteiger partial charge in [-0.1, -0.05) is 0 Å². The number of benzene rings is 1. The van der Waals surface area contributed by atoms with E-state index >= 15 is 0 Å². The highest BCUT2D eigenvalue weighted by molar-refractivity contribution is 7.10. The minimum atomic E-state index is -0.139. The summed E-state index contributed by atoms with van der Waals surface area (Å²) in [5, 5.41) is 21.5. The van der Waals surface area contributed by atoms with Crippen molar-refractivity contribution in [3.05, 3.63) is 28.6 Å². The number of ether oxygens (including phenoxy) is 1. The van der Waals surface area contributed by atoms with Crippen LogP contribution in [-0.4, -0.2) is 21.8 Å². The Morgan fingerprint density at radius 1 is 1.33 bits per heavy atom. The molecule has 96 valence electrons. The van der Waals surface area contributed by atoms with Crippen molar-refractivity contribution in [2.75, 3.05) is 6.61 Å². The number of aromatic nitrogens is 1. The number of hydrogen-bond acceptors (Lipinski definition) is 5. The van der Waals surface area contributed by atoms with E-state index in [-0.39, 0.29) is 17.6 Å². The molecule has 0 bridgehead atoms. The Kier molecular flexibility index (Phi) is 3.84. The summed E-state index contributed by atoms with van der Waals surface area (Å²) in [4.78, 5) is 4.47. The van der Waals surface area contributed by atoms with Gasteiger partial charge in [-0.3, -0.25) is 0 Å². The average molecular weight is 265 g/mol. The highest BCUT2D eigenvalue weighted by Crippen LogP contribution is 2.32. The van der Waals surface area contributed by atoms with Crippen molar-refractivity contribution in [1.82, 2.24) is 4.98 Å². The van der Waals surface area contributed by atoms with Gasteiger partial charge in [-0.2, -0.15) is 0 Å². The van der Waals surface area contributed by atoms with Crippen LogP contribution >= 0.6 is 11.3 Å². The summed E-state index contributed by atoms with van der Waals surface area (Å²) in [6.07, 6.45) is -0.0283. The standard InChI is InChI=1S/C13H15NO3S/c1-3-17-8(2)13-14-10(7-18-13)9-4-5-11(15)12(16)6-9/h4-8,15-16H,3H2,1-2H3/t8-/m1/s1. The Balaban J connectivity index is 2.26. The normalized spacial score (nSPS) is 12.6. The van der Waals surface area contributed by atoms with Gasteiger partial charge < -0.3 is 14.9 Å². The average Bonchev–Trinajstić information content (AvgIpc) is 2.82. The molecule has 18 heavy (non-hydrogen) atoms. The van der Waals surface area contributed by atoms with Crippen molar-refractivity contribution in [3.8, 4) is 22.8 Å². The van der Waals surface area contributed by atoms with Gasteiger partial charge >= 0.3 is 0 Å². The van der Waals surface area contributed by atoms with Crippen LogP contribution in [0.5, 0.6) is 11.5 Å². The van der Waals surface area contributed by atoms with Gasteiger partial charge in [0.2, 0.25) is 0 Å². The molecule has 1 aromatic carbocycles. The second-order valence-corrected chi connectivity index (χ2v) is 4.76. The van der Waals surface area contributed by atoms with Gasteiger partial charge in [0.25, 0.3) is 0 Å². The van der Waals surface area contributed by atoms with E-state index in [9.17, 15) is 10.2 Å². The maximum Gasteiger partial charge on any atom is 0.158 e. The van der Waals surface area contributed by atoms with Gasteiger partial charge in [0.15, 0.2) is 11.5 Å². The summed E-state index contributed by atoms with van der Waals surface area (Å²) in [6, 6.07) is 4.68. The molecule has 1 atom stereocenters. The predicted octanol–water partition coefficient (Wildman–Crippen LogP) is 3.32. The van der Waals surface area contributed by atoms with Gasteiger partial charge in [-0.15, -0.1) is 11.3 Å². The molecule has 0 radical (unpaired) electrons. The molecule has 1 heterocycles. The van der Waals surface area contributed by atoms with Crippen LogP contribution in [0.2, 0.25) is 0 Å². The van der Waals surface area contributed by atoms with Crippen molar-refractivity contribution in [2.45, 2.75) is 20.0 Å². The molecule has 4 nitrogen and oxygen atoms in total. The van der Waals surface area contributed by atoms with E-state index in [1.165, 1.54) is 23.5 Å². The molecule has 0 amide bonds. The summed E-state index contributed by atoms with van der Waals surface area (Å²) in [5.74, 6) is -0.267. The third-order valence-corrected chi connectivity index (χ3v) is 3.56. The lowest BCUT2D eigenvalue weighted by molar-refractivity contribution is 0.0762. The highest BCUT2D eigenvalue weighted by atomic mass is 32.1. The maximum absolute atomic E-state index is 9.46. The summed E-state index contributed by atoms with van der Waals surface area (Å²) >= 11 is 1.52. The first-order valence-electron chi connectivity index (χ1n) is 5.71. The Morgan fingerprint density at radius 2 is 2.11 bits per heavy atom. The summed E-state index contributed by atoms with van der Waals surface area (Å²) in [6.45, 7) is 4.56. The Morgan fingerprint density at radius 3 is 2.78 bits per heavy atom. The predicted molar refractivity (Wildman–Crippen MR) is 70.9 cm³/mol. The second-order valence-electron chi connectivity index (χ2n) is 3.87. The minimum absolute atomic E-state index is 0.0283. The monoisotopic (exact) mass is 265 g/mol. The third-order valence-electron chi connectivity index (χ3n) is 2.56. The zero-order valence-corrected chi connectivity index (χ0v) is 11.1.